The second-order valence-corrected chi connectivity index (χ2v) is 7.97. The van der Waals surface area contributed by atoms with E-state index in [9.17, 15) is 14.4 Å². The maximum Gasteiger partial charge on any atom is 0.325 e. The lowest BCUT2D eigenvalue weighted by molar-refractivity contribution is -0.137. The predicted octanol–water partition coefficient (Wildman–Crippen LogP) is 1.72. The van der Waals surface area contributed by atoms with Gasteiger partial charge in [0.2, 0.25) is 12.7 Å². The highest BCUT2D eigenvalue weighted by molar-refractivity contribution is 6.09. The van der Waals surface area contributed by atoms with E-state index in [2.05, 4.69) is 10.6 Å². The monoisotopic (exact) mass is 387 g/mol. The van der Waals surface area contributed by atoms with Crippen LogP contribution < -0.4 is 20.1 Å². The normalized spacial score (nSPS) is 25.1. The van der Waals surface area contributed by atoms with Crippen molar-refractivity contribution in [3.05, 3.63) is 23.8 Å². The molecule has 8 heteroatoms. The lowest BCUT2D eigenvalue weighted by Gasteiger charge is -2.25. The second kappa shape index (κ2) is 7.00. The predicted molar refractivity (Wildman–Crippen MR) is 99.9 cm³/mol. The summed E-state index contributed by atoms with van der Waals surface area (Å²) in [5.74, 6) is 0.598. The number of benzene rings is 1. The number of nitrogens with zero attached hydrogens (tertiary/aromatic N) is 1. The molecule has 8 nitrogen and oxygen atoms in total. The SMILES string of the molecule is CC(C(=O)NC1CCCC1)N1C(=O)NC(C)(Cc2ccc3c(c2)OCO3)C1=O. The van der Waals surface area contributed by atoms with Crippen LogP contribution in [-0.2, 0) is 16.0 Å². The van der Waals surface area contributed by atoms with Crippen LogP contribution in [0.15, 0.2) is 18.2 Å². The average Bonchev–Trinajstić information content (AvgIpc) is 3.36. The Morgan fingerprint density at radius 1 is 1.29 bits per heavy atom. The van der Waals surface area contributed by atoms with Gasteiger partial charge in [0.25, 0.3) is 5.91 Å². The number of nitrogens with one attached hydrogen (secondary N) is 2. The molecule has 4 rings (SSSR count). The van der Waals surface area contributed by atoms with E-state index in [1.165, 1.54) is 0 Å². The zero-order valence-corrected chi connectivity index (χ0v) is 16.1. The Morgan fingerprint density at radius 3 is 2.75 bits per heavy atom. The van der Waals surface area contributed by atoms with Crippen LogP contribution in [0.3, 0.4) is 0 Å². The third-order valence-corrected chi connectivity index (χ3v) is 5.76. The van der Waals surface area contributed by atoms with Crippen LogP contribution in [-0.4, -0.2) is 47.2 Å². The van der Waals surface area contributed by atoms with E-state index in [-0.39, 0.29) is 18.7 Å². The first-order valence-electron chi connectivity index (χ1n) is 9.72. The van der Waals surface area contributed by atoms with Gasteiger partial charge in [-0.2, -0.15) is 0 Å². The number of hydrogen-bond acceptors (Lipinski definition) is 5. The summed E-state index contributed by atoms with van der Waals surface area (Å²) in [5.41, 5.74) is -0.280. The van der Waals surface area contributed by atoms with Crippen molar-refractivity contribution in [2.45, 2.75) is 63.6 Å². The van der Waals surface area contributed by atoms with Gasteiger partial charge < -0.3 is 20.1 Å². The molecule has 1 aromatic rings. The minimum absolute atomic E-state index is 0.135. The number of carbonyl (C=O) groups is 3. The Kier molecular flexibility index (Phi) is 4.64. The van der Waals surface area contributed by atoms with E-state index >= 15 is 0 Å². The molecule has 0 aromatic heterocycles. The van der Waals surface area contributed by atoms with E-state index in [0.29, 0.717) is 17.9 Å². The first-order chi connectivity index (χ1) is 13.4. The summed E-state index contributed by atoms with van der Waals surface area (Å²) < 4.78 is 10.7. The Morgan fingerprint density at radius 2 is 2.00 bits per heavy atom. The standard InChI is InChI=1S/C20H25N3O5/c1-12(17(24)21-14-5-3-4-6-14)23-18(25)20(2,22-19(23)26)10-13-7-8-15-16(9-13)28-11-27-15/h7-9,12,14H,3-6,10-11H2,1-2H3,(H,21,24)(H,22,26). The van der Waals surface area contributed by atoms with E-state index in [0.717, 1.165) is 36.1 Å². The number of fused-ring (bicyclic) bond motifs is 1. The molecule has 4 amide bonds. The fourth-order valence-electron chi connectivity index (χ4n) is 4.15. The van der Waals surface area contributed by atoms with Crippen molar-refractivity contribution >= 4 is 17.8 Å². The van der Waals surface area contributed by atoms with Gasteiger partial charge in [-0.25, -0.2) is 9.69 Å². The molecule has 2 unspecified atom stereocenters. The molecule has 2 heterocycles. The van der Waals surface area contributed by atoms with Crippen LogP contribution in [0.25, 0.3) is 0 Å². The van der Waals surface area contributed by atoms with Gasteiger partial charge in [-0.1, -0.05) is 18.9 Å². The third-order valence-electron chi connectivity index (χ3n) is 5.76. The first kappa shape index (κ1) is 18.6. The molecule has 1 saturated heterocycles. The van der Waals surface area contributed by atoms with Crippen molar-refractivity contribution in [3.8, 4) is 11.5 Å². The Hall–Kier alpha value is -2.77. The lowest BCUT2D eigenvalue weighted by Crippen LogP contribution is -2.51. The highest BCUT2D eigenvalue weighted by Gasteiger charge is 2.50. The molecule has 1 aromatic carbocycles. The quantitative estimate of drug-likeness (QED) is 0.750. The van der Waals surface area contributed by atoms with Gasteiger partial charge in [0.15, 0.2) is 11.5 Å². The topological polar surface area (TPSA) is 97.0 Å². The molecule has 28 heavy (non-hydrogen) atoms. The maximum atomic E-state index is 13.1. The number of carbonyl (C=O) groups excluding carboxylic acids is 3. The molecule has 2 fully saturated rings. The van der Waals surface area contributed by atoms with E-state index in [4.69, 9.17) is 9.47 Å². The molecule has 1 saturated carbocycles. The molecule has 2 N–H and O–H groups in total. The number of ether oxygens (including phenoxy) is 2. The van der Waals surface area contributed by atoms with Crippen LogP contribution >= 0.6 is 0 Å². The molecule has 0 spiro atoms. The van der Waals surface area contributed by atoms with Gasteiger partial charge in [-0.15, -0.1) is 0 Å². The minimum atomic E-state index is -1.12. The van der Waals surface area contributed by atoms with Gasteiger partial charge in [-0.05, 0) is 44.4 Å². The number of amides is 4. The van der Waals surface area contributed by atoms with Crippen LogP contribution in [0.4, 0.5) is 4.79 Å². The zero-order chi connectivity index (χ0) is 19.9. The highest BCUT2D eigenvalue weighted by atomic mass is 16.7. The van der Waals surface area contributed by atoms with Crippen molar-refractivity contribution in [1.29, 1.82) is 0 Å². The van der Waals surface area contributed by atoms with Crippen molar-refractivity contribution < 1.29 is 23.9 Å². The van der Waals surface area contributed by atoms with Crippen LogP contribution in [0, 0.1) is 0 Å². The number of rotatable bonds is 5. The third kappa shape index (κ3) is 3.27. The summed E-state index contributed by atoms with van der Waals surface area (Å²) in [4.78, 5) is 39.2. The highest BCUT2D eigenvalue weighted by Crippen LogP contribution is 2.34. The molecule has 3 aliphatic rings. The van der Waals surface area contributed by atoms with Gasteiger partial charge in [-0.3, -0.25) is 9.59 Å². The molecule has 2 atom stereocenters. The first-order valence-corrected chi connectivity index (χ1v) is 9.72. The summed E-state index contributed by atoms with van der Waals surface area (Å²) in [5, 5.41) is 5.72. The van der Waals surface area contributed by atoms with Crippen LogP contribution in [0.5, 0.6) is 11.5 Å². The number of hydrogen-bond donors (Lipinski definition) is 2. The van der Waals surface area contributed by atoms with Crippen molar-refractivity contribution in [2.75, 3.05) is 6.79 Å². The van der Waals surface area contributed by atoms with Gasteiger partial charge in [0, 0.05) is 12.5 Å². The van der Waals surface area contributed by atoms with Crippen molar-refractivity contribution in [1.82, 2.24) is 15.5 Å². The van der Waals surface area contributed by atoms with E-state index in [1.54, 1.807) is 19.9 Å². The minimum Gasteiger partial charge on any atom is -0.454 e. The molecular formula is C20H25N3O5. The van der Waals surface area contributed by atoms with Crippen LogP contribution in [0.1, 0.15) is 45.1 Å². The Balaban J connectivity index is 1.47. The summed E-state index contributed by atoms with van der Waals surface area (Å²) in [6, 6.07) is 4.19. The smallest absolute Gasteiger partial charge is 0.325 e. The Labute approximate surface area is 163 Å². The summed E-state index contributed by atoms with van der Waals surface area (Å²) in [6.45, 7) is 3.45. The van der Waals surface area contributed by atoms with Crippen molar-refractivity contribution in [3.63, 3.8) is 0 Å². The largest absolute Gasteiger partial charge is 0.454 e. The number of urea groups is 1. The summed E-state index contributed by atoms with van der Waals surface area (Å²) in [6.07, 6.45) is 4.37. The molecule has 150 valence electrons. The fraction of sp³-hybridized carbons (Fsp3) is 0.550. The fourth-order valence-corrected chi connectivity index (χ4v) is 4.15. The van der Waals surface area contributed by atoms with Crippen molar-refractivity contribution in [2.24, 2.45) is 0 Å². The van der Waals surface area contributed by atoms with Gasteiger partial charge in [0.1, 0.15) is 11.6 Å². The molecule has 0 bridgehead atoms. The second-order valence-electron chi connectivity index (χ2n) is 7.97. The maximum absolute atomic E-state index is 13.1. The molecule has 1 aliphatic carbocycles. The Bertz CT molecular complexity index is 820. The van der Waals surface area contributed by atoms with Gasteiger partial charge >= 0.3 is 6.03 Å². The number of imide groups is 1. The van der Waals surface area contributed by atoms with E-state index < -0.39 is 23.5 Å². The average molecular weight is 387 g/mol. The molecular weight excluding hydrogens is 362 g/mol. The van der Waals surface area contributed by atoms with E-state index in [1.807, 2.05) is 12.1 Å². The molecule has 2 aliphatic heterocycles. The van der Waals surface area contributed by atoms with Crippen LogP contribution in [0.2, 0.25) is 0 Å². The lowest BCUT2D eigenvalue weighted by atomic mass is 9.92. The summed E-state index contributed by atoms with van der Waals surface area (Å²) >= 11 is 0. The zero-order valence-electron chi connectivity index (χ0n) is 16.1. The molecule has 0 radical (unpaired) electrons. The van der Waals surface area contributed by atoms with Gasteiger partial charge in [0.05, 0.1) is 0 Å². The summed E-state index contributed by atoms with van der Waals surface area (Å²) in [7, 11) is 0.